The van der Waals surface area contributed by atoms with Crippen molar-refractivity contribution >= 4 is 52.8 Å². The molecule has 4 N–H and O–H groups in total. The van der Waals surface area contributed by atoms with Crippen LogP contribution in [0.25, 0.3) is 0 Å². The molecule has 0 fully saturated rings. The van der Waals surface area contributed by atoms with E-state index in [1.807, 2.05) is 13.8 Å². The van der Waals surface area contributed by atoms with Gasteiger partial charge in [-0.1, -0.05) is 45.2 Å². The number of carbonyl (C=O) groups excluding carboxylic acids is 8. The van der Waals surface area contributed by atoms with Crippen LogP contribution in [-0.4, -0.2) is 64.6 Å². The first kappa shape index (κ1) is 42.5. The number of unbranched alkanes of at least 4 members (excludes halogenated alkanes) is 4. The Labute approximate surface area is 300 Å². The molecule has 13 nitrogen and oxygen atoms in total. The monoisotopic (exact) mass is 710 g/mol. The van der Waals surface area contributed by atoms with E-state index >= 15 is 0 Å². The van der Waals surface area contributed by atoms with Crippen LogP contribution in [0.5, 0.6) is 0 Å². The fourth-order valence-electron chi connectivity index (χ4n) is 5.35. The van der Waals surface area contributed by atoms with Crippen molar-refractivity contribution in [1.82, 2.24) is 10.2 Å². The van der Waals surface area contributed by atoms with Crippen LogP contribution in [0, 0.1) is 17.3 Å². The number of primary amides is 1. The average molecular weight is 711 g/mol. The van der Waals surface area contributed by atoms with Gasteiger partial charge in [0.1, 0.15) is 6.61 Å². The van der Waals surface area contributed by atoms with Crippen molar-refractivity contribution in [3.05, 3.63) is 42.0 Å². The number of nitrogens with two attached hydrogens (primary N) is 1. The molecule has 0 spiro atoms. The van der Waals surface area contributed by atoms with Crippen LogP contribution in [0.15, 0.2) is 36.4 Å². The van der Waals surface area contributed by atoms with Crippen LogP contribution in [0.4, 0.5) is 5.69 Å². The molecule has 13 heteroatoms. The summed E-state index contributed by atoms with van der Waals surface area (Å²) in [5.74, 6) is -3.81. The number of ketones is 2. The highest BCUT2D eigenvalue weighted by Crippen LogP contribution is 2.22. The maximum absolute atomic E-state index is 13.5. The molecule has 0 aromatic heterocycles. The Hall–Kier alpha value is -4.68. The van der Waals surface area contributed by atoms with Crippen molar-refractivity contribution in [2.24, 2.45) is 23.0 Å². The van der Waals surface area contributed by atoms with E-state index in [0.717, 1.165) is 22.6 Å². The van der Waals surface area contributed by atoms with Crippen LogP contribution >= 0.6 is 0 Å². The number of nitrogens with zero attached hydrogens (tertiary/aromatic N) is 1. The van der Waals surface area contributed by atoms with E-state index in [-0.39, 0.29) is 74.1 Å². The quantitative estimate of drug-likeness (QED) is 0.0841. The van der Waals surface area contributed by atoms with Crippen LogP contribution < -0.4 is 16.4 Å². The third kappa shape index (κ3) is 15.8. The number of nitrogens with one attached hydrogen (secondary N) is 2. The lowest BCUT2D eigenvalue weighted by molar-refractivity contribution is -0.154. The minimum absolute atomic E-state index is 0.0932. The van der Waals surface area contributed by atoms with Gasteiger partial charge >= 0.3 is 5.97 Å². The summed E-state index contributed by atoms with van der Waals surface area (Å²) in [4.78, 5) is 99.3. The summed E-state index contributed by atoms with van der Waals surface area (Å²) in [6.07, 6.45) is 6.57. The Morgan fingerprint density at radius 3 is 1.98 bits per heavy atom. The standard InChI is InChI=1S/C38H54N4O9/c1-25(2)35(41-32(46)15-9-7-6-8-13-29(43)23-42-33(47)20-21-34(42)48)30(44)22-27(12-10-11-14-31(39)45)36(49)40-28-18-16-26(17-19-28)24-51-37(50)38(3,4)5/h16-21,25,27,35H,6-15,22-24H2,1-5H3,(H2,39,45)(H,40,49)(H,41,46)/t27-,35+/m1/s1. The van der Waals surface area contributed by atoms with E-state index in [9.17, 15) is 38.4 Å². The van der Waals surface area contributed by atoms with Crippen molar-refractivity contribution in [2.75, 3.05) is 11.9 Å². The number of imide groups is 1. The maximum atomic E-state index is 13.5. The first-order valence-corrected chi connectivity index (χ1v) is 17.7. The van der Waals surface area contributed by atoms with Gasteiger partial charge in [-0.15, -0.1) is 0 Å². The number of amides is 5. The molecular formula is C38H54N4O9. The Balaban J connectivity index is 1.88. The first-order valence-electron chi connectivity index (χ1n) is 17.7. The number of hydrogen-bond acceptors (Lipinski definition) is 9. The zero-order valence-corrected chi connectivity index (χ0v) is 30.6. The van der Waals surface area contributed by atoms with Crippen molar-refractivity contribution < 1.29 is 43.1 Å². The molecular weight excluding hydrogens is 656 g/mol. The Bertz CT molecular complexity index is 1430. The van der Waals surface area contributed by atoms with Gasteiger partial charge in [0.15, 0.2) is 11.6 Å². The van der Waals surface area contributed by atoms with E-state index in [4.69, 9.17) is 10.5 Å². The van der Waals surface area contributed by atoms with Gasteiger partial charge in [0.25, 0.3) is 11.8 Å². The van der Waals surface area contributed by atoms with Crippen molar-refractivity contribution in [2.45, 2.75) is 118 Å². The number of rotatable bonds is 23. The van der Waals surface area contributed by atoms with Crippen molar-refractivity contribution in [1.29, 1.82) is 0 Å². The Morgan fingerprint density at radius 2 is 1.41 bits per heavy atom. The van der Waals surface area contributed by atoms with Gasteiger partial charge in [0, 0.05) is 49.4 Å². The number of benzene rings is 1. The number of hydrogen-bond donors (Lipinski definition) is 3. The van der Waals surface area contributed by atoms with E-state index in [2.05, 4.69) is 10.6 Å². The molecule has 1 aliphatic rings. The number of carbonyl (C=O) groups is 8. The number of anilines is 1. The summed E-state index contributed by atoms with van der Waals surface area (Å²) in [5.41, 5.74) is 5.90. The lowest BCUT2D eigenvalue weighted by Crippen LogP contribution is -2.45. The van der Waals surface area contributed by atoms with Gasteiger partial charge in [-0.25, -0.2) is 0 Å². The number of esters is 1. The highest BCUT2D eigenvalue weighted by molar-refractivity contribution is 6.14. The first-order chi connectivity index (χ1) is 24.0. The van der Waals surface area contributed by atoms with Crippen LogP contribution in [-0.2, 0) is 49.7 Å². The third-order valence-corrected chi connectivity index (χ3v) is 8.42. The van der Waals surface area contributed by atoms with Gasteiger partial charge in [-0.3, -0.25) is 43.3 Å². The van der Waals surface area contributed by atoms with Crippen LogP contribution in [0.1, 0.15) is 111 Å². The molecule has 1 aromatic rings. The van der Waals surface area contributed by atoms with E-state index in [1.54, 1.807) is 45.0 Å². The minimum atomic E-state index is -0.795. The molecule has 0 aliphatic carbocycles. The molecule has 0 saturated carbocycles. The van der Waals surface area contributed by atoms with Crippen LogP contribution in [0.2, 0.25) is 0 Å². The molecule has 0 bridgehead atoms. The zero-order valence-electron chi connectivity index (χ0n) is 30.6. The second-order valence-corrected chi connectivity index (χ2v) is 14.4. The largest absolute Gasteiger partial charge is 0.460 e. The molecule has 1 aliphatic heterocycles. The molecule has 51 heavy (non-hydrogen) atoms. The molecule has 1 aromatic carbocycles. The highest BCUT2D eigenvalue weighted by atomic mass is 16.5. The fraction of sp³-hybridized carbons (Fsp3) is 0.579. The summed E-state index contributed by atoms with van der Waals surface area (Å²) in [7, 11) is 0. The van der Waals surface area contributed by atoms with Crippen LogP contribution in [0.3, 0.4) is 0 Å². The summed E-state index contributed by atoms with van der Waals surface area (Å²) in [5, 5.41) is 5.70. The maximum Gasteiger partial charge on any atom is 0.311 e. The second-order valence-electron chi connectivity index (χ2n) is 14.4. The topological polar surface area (TPSA) is 199 Å². The highest BCUT2D eigenvalue weighted by Gasteiger charge is 2.30. The number of ether oxygens (including phenoxy) is 1. The zero-order chi connectivity index (χ0) is 38.1. The summed E-state index contributed by atoms with van der Waals surface area (Å²) in [6.45, 7) is 8.80. The normalized spacial score (nSPS) is 14.0. The molecule has 0 saturated heterocycles. The molecule has 5 amide bonds. The van der Waals surface area contributed by atoms with E-state index in [0.29, 0.717) is 50.6 Å². The van der Waals surface area contributed by atoms with Gasteiger partial charge in [0.2, 0.25) is 17.7 Å². The number of Topliss-reactive ketones (excluding diaryl/α,β-unsaturated/α-hetero) is 2. The van der Waals surface area contributed by atoms with Gasteiger partial charge in [-0.05, 0) is 70.1 Å². The van der Waals surface area contributed by atoms with E-state index < -0.39 is 35.1 Å². The molecule has 2 rings (SSSR count). The lowest BCUT2D eigenvalue weighted by Gasteiger charge is -2.24. The Morgan fingerprint density at radius 1 is 0.824 bits per heavy atom. The predicted molar refractivity (Wildman–Crippen MR) is 190 cm³/mol. The van der Waals surface area contributed by atoms with Gasteiger partial charge in [0.05, 0.1) is 18.0 Å². The molecule has 0 radical (unpaired) electrons. The molecule has 2 atom stereocenters. The molecule has 0 unspecified atom stereocenters. The van der Waals surface area contributed by atoms with Gasteiger partial charge in [-0.2, -0.15) is 0 Å². The van der Waals surface area contributed by atoms with Crippen molar-refractivity contribution in [3.8, 4) is 0 Å². The second kappa shape index (κ2) is 20.9. The summed E-state index contributed by atoms with van der Waals surface area (Å²) >= 11 is 0. The van der Waals surface area contributed by atoms with E-state index in [1.165, 1.54) is 0 Å². The minimum Gasteiger partial charge on any atom is -0.460 e. The lowest BCUT2D eigenvalue weighted by atomic mass is 9.88. The smallest absolute Gasteiger partial charge is 0.311 e. The predicted octanol–water partition coefficient (Wildman–Crippen LogP) is 4.31. The average Bonchev–Trinajstić information content (AvgIpc) is 3.37. The van der Waals surface area contributed by atoms with Gasteiger partial charge < -0.3 is 21.1 Å². The molecule has 280 valence electrons. The fourth-order valence-corrected chi connectivity index (χ4v) is 5.35. The molecule has 1 heterocycles. The summed E-state index contributed by atoms with van der Waals surface area (Å²) in [6, 6.07) is 6.06. The SMILES string of the molecule is CC(C)[C@H](NC(=O)CCCCCCC(=O)CN1C(=O)C=CC1=O)C(=O)C[C@@H](CCCCC(N)=O)C(=O)Nc1ccc(COC(=O)C(C)(C)C)cc1. The summed E-state index contributed by atoms with van der Waals surface area (Å²) < 4.78 is 5.35. The van der Waals surface area contributed by atoms with Crippen molar-refractivity contribution in [3.63, 3.8) is 0 Å². The Kier molecular flexibility index (Phi) is 17.4. The third-order valence-electron chi connectivity index (χ3n) is 8.42.